The summed E-state index contributed by atoms with van der Waals surface area (Å²) in [5.74, 6) is 0. The van der Waals surface area contributed by atoms with Crippen LogP contribution in [-0.4, -0.2) is 47.3 Å². The van der Waals surface area contributed by atoms with Crippen LogP contribution < -0.4 is 5.73 Å². The molecule has 2 aliphatic rings. The quantitative estimate of drug-likeness (QED) is 0.663. The van der Waals surface area contributed by atoms with Crippen molar-refractivity contribution in [2.24, 2.45) is 5.73 Å². The van der Waals surface area contributed by atoms with Crippen LogP contribution in [0.4, 0.5) is 4.79 Å². The first-order valence-electron chi connectivity index (χ1n) is 5.38. The molecule has 0 atom stereocenters. The van der Waals surface area contributed by atoms with E-state index in [4.69, 9.17) is 5.73 Å². The minimum absolute atomic E-state index is 0.326. The molecule has 0 aliphatic carbocycles. The second-order valence-electron chi connectivity index (χ2n) is 3.93. The van der Waals surface area contributed by atoms with Gasteiger partial charge in [0.05, 0.1) is 0 Å². The van der Waals surface area contributed by atoms with Crippen LogP contribution in [0.2, 0.25) is 0 Å². The van der Waals surface area contributed by atoms with E-state index in [1.807, 2.05) is 5.12 Å². The van der Waals surface area contributed by atoms with Crippen molar-refractivity contribution in [3.05, 3.63) is 0 Å². The third kappa shape index (κ3) is 1.83. The molecule has 2 fully saturated rings. The maximum atomic E-state index is 11.1. The Hall–Kier alpha value is -0.810. The molecule has 0 saturated carbocycles. The number of piperidine rings is 1. The van der Waals surface area contributed by atoms with Gasteiger partial charge in [0.15, 0.2) is 0 Å². The maximum Gasteiger partial charge on any atom is 0.330 e. The number of rotatable bonds is 1. The molecule has 5 heteroatoms. The van der Waals surface area contributed by atoms with Gasteiger partial charge >= 0.3 is 6.03 Å². The van der Waals surface area contributed by atoms with Crippen LogP contribution in [0.3, 0.4) is 0 Å². The Morgan fingerprint density at radius 3 is 2.29 bits per heavy atom. The van der Waals surface area contributed by atoms with Crippen LogP contribution in [0.5, 0.6) is 0 Å². The Bertz CT molecular complexity index is 215. The van der Waals surface area contributed by atoms with Gasteiger partial charge in [-0.2, -0.15) is 0 Å². The average molecular weight is 198 g/mol. The summed E-state index contributed by atoms with van der Waals surface area (Å²) in [4.78, 5) is 11.1. The van der Waals surface area contributed by atoms with E-state index in [1.54, 1.807) is 5.01 Å². The van der Waals surface area contributed by atoms with Gasteiger partial charge in [-0.1, -0.05) is 6.42 Å². The first kappa shape index (κ1) is 9.73. The molecule has 0 radical (unpaired) electrons. The third-order valence-electron chi connectivity index (χ3n) is 2.92. The van der Waals surface area contributed by atoms with Gasteiger partial charge in [0.25, 0.3) is 0 Å². The van der Waals surface area contributed by atoms with Crippen molar-refractivity contribution in [1.82, 2.24) is 15.1 Å². The summed E-state index contributed by atoms with van der Waals surface area (Å²) in [7, 11) is 0. The largest absolute Gasteiger partial charge is 0.350 e. The zero-order chi connectivity index (χ0) is 9.97. The number of carbonyl (C=O) groups excluding carboxylic acids is 1. The molecular formula is C9H18N4O. The predicted molar refractivity (Wildman–Crippen MR) is 53.0 cm³/mol. The molecule has 0 bridgehead atoms. The molecule has 2 rings (SSSR count). The van der Waals surface area contributed by atoms with Gasteiger partial charge in [-0.15, -0.1) is 5.12 Å². The average Bonchev–Trinajstić information content (AvgIpc) is 2.67. The van der Waals surface area contributed by atoms with E-state index in [0.717, 1.165) is 32.6 Å². The molecule has 80 valence electrons. The number of hydrogen-bond donors (Lipinski definition) is 1. The van der Waals surface area contributed by atoms with Crippen LogP contribution >= 0.6 is 0 Å². The highest BCUT2D eigenvalue weighted by Gasteiger charge is 2.30. The lowest BCUT2D eigenvalue weighted by Crippen LogP contribution is -2.54. The fourth-order valence-corrected chi connectivity index (χ4v) is 2.22. The SMILES string of the molecule is NC(=O)N1CCCN1N1CCCCC1. The summed E-state index contributed by atoms with van der Waals surface area (Å²) < 4.78 is 0. The highest BCUT2D eigenvalue weighted by molar-refractivity contribution is 5.71. The van der Waals surface area contributed by atoms with Gasteiger partial charge in [0.1, 0.15) is 0 Å². The van der Waals surface area contributed by atoms with Crippen LogP contribution in [-0.2, 0) is 0 Å². The minimum Gasteiger partial charge on any atom is -0.350 e. The summed E-state index contributed by atoms with van der Waals surface area (Å²) in [6.45, 7) is 3.82. The number of carbonyl (C=O) groups is 1. The lowest BCUT2D eigenvalue weighted by atomic mass is 10.2. The molecule has 14 heavy (non-hydrogen) atoms. The predicted octanol–water partition coefficient (Wildman–Crippen LogP) is 0.389. The van der Waals surface area contributed by atoms with Crippen molar-refractivity contribution in [3.63, 3.8) is 0 Å². The molecule has 2 saturated heterocycles. The molecule has 0 aromatic heterocycles. The van der Waals surface area contributed by atoms with Crippen molar-refractivity contribution in [1.29, 1.82) is 0 Å². The topological polar surface area (TPSA) is 52.8 Å². The smallest absolute Gasteiger partial charge is 0.330 e. The normalized spacial score (nSPS) is 25.6. The summed E-state index contributed by atoms with van der Waals surface area (Å²) in [6.07, 6.45) is 4.78. The number of amides is 2. The first-order valence-corrected chi connectivity index (χ1v) is 5.38. The highest BCUT2D eigenvalue weighted by atomic mass is 16.2. The number of nitrogens with zero attached hydrogens (tertiary/aromatic N) is 3. The van der Waals surface area contributed by atoms with Crippen molar-refractivity contribution < 1.29 is 4.79 Å². The summed E-state index contributed by atoms with van der Waals surface area (Å²) >= 11 is 0. The molecule has 0 spiro atoms. The fourth-order valence-electron chi connectivity index (χ4n) is 2.22. The van der Waals surface area contributed by atoms with E-state index in [9.17, 15) is 4.79 Å². The van der Waals surface area contributed by atoms with Gasteiger partial charge in [-0.05, 0) is 19.3 Å². The standard InChI is InChI=1S/C9H18N4O/c10-9(14)12-7-4-8-13(12)11-5-2-1-3-6-11/h1-8H2,(H2,10,14). The monoisotopic (exact) mass is 198 g/mol. The van der Waals surface area contributed by atoms with E-state index in [1.165, 1.54) is 19.3 Å². The van der Waals surface area contributed by atoms with E-state index in [-0.39, 0.29) is 6.03 Å². The zero-order valence-corrected chi connectivity index (χ0v) is 8.48. The number of nitrogens with two attached hydrogens (primary N) is 1. The van der Waals surface area contributed by atoms with Crippen LogP contribution in [0.25, 0.3) is 0 Å². The van der Waals surface area contributed by atoms with E-state index in [2.05, 4.69) is 5.01 Å². The Labute approximate surface area is 84.4 Å². The molecule has 0 aromatic rings. The molecular weight excluding hydrogens is 180 g/mol. The van der Waals surface area contributed by atoms with Crippen molar-refractivity contribution in [3.8, 4) is 0 Å². The Morgan fingerprint density at radius 1 is 0.929 bits per heavy atom. The summed E-state index contributed by atoms with van der Waals surface area (Å²) in [6, 6.07) is -0.326. The van der Waals surface area contributed by atoms with Crippen molar-refractivity contribution in [2.45, 2.75) is 25.7 Å². The Balaban J connectivity index is 1.97. The van der Waals surface area contributed by atoms with Crippen molar-refractivity contribution >= 4 is 6.03 Å². The molecule has 0 unspecified atom stereocenters. The highest BCUT2D eigenvalue weighted by Crippen LogP contribution is 2.18. The molecule has 5 nitrogen and oxygen atoms in total. The number of hydrazine groups is 2. The van der Waals surface area contributed by atoms with Crippen LogP contribution in [0.15, 0.2) is 0 Å². The minimum atomic E-state index is -0.326. The Morgan fingerprint density at radius 2 is 1.64 bits per heavy atom. The van der Waals surface area contributed by atoms with E-state index >= 15 is 0 Å². The van der Waals surface area contributed by atoms with Crippen molar-refractivity contribution in [2.75, 3.05) is 26.2 Å². The molecule has 2 N–H and O–H groups in total. The first-order chi connectivity index (χ1) is 6.79. The van der Waals surface area contributed by atoms with Gasteiger partial charge in [0.2, 0.25) is 0 Å². The number of urea groups is 1. The van der Waals surface area contributed by atoms with Gasteiger partial charge in [-0.25, -0.2) is 14.8 Å². The summed E-state index contributed by atoms with van der Waals surface area (Å²) in [5, 5.41) is 5.94. The maximum absolute atomic E-state index is 11.1. The number of primary amides is 1. The zero-order valence-electron chi connectivity index (χ0n) is 8.48. The van der Waals surface area contributed by atoms with E-state index < -0.39 is 0 Å². The van der Waals surface area contributed by atoms with E-state index in [0.29, 0.717) is 0 Å². The lowest BCUT2D eigenvalue weighted by Gasteiger charge is -2.38. The molecule has 2 amide bonds. The van der Waals surface area contributed by atoms with Crippen LogP contribution in [0.1, 0.15) is 25.7 Å². The Kier molecular flexibility index (Phi) is 2.88. The lowest BCUT2D eigenvalue weighted by molar-refractivity contribution is -0.134. The molecule has 0 aromatic carbocycles. The molecule has 2 aliphatic heterocycles. The second kappa shape index (κ2) is 4.14. The van der Waals surface area contributed by atoms with Gasteiger partial charge < -0.3 is 5.73 Å². The second-order valence-corrected chi connectivity index (χ2v) is 3.93. The van der Waals surface area contributed by atoms with Crippen LogP contribution in [0, 0.1) is 0 Å². The fraction of sp³-hybridized carbons (Fsp3) is 0.889. The van der Waals surface area contributed by atoms with Gasteiger partial charge in [0, 0.05) is 26.2 Å². The van der Waals surface area contributed by atoms with Gasteiger partial charge in [-0.3, -0.25) is 0 Å². The summed E-state index contributed by atoms with van der Waals surface area (Å²) in [5.41, 5.74) is 5.31. The number of hydrogen-bond acceptors (Lipinski definition) is 3. The third-order valence-corrected chi connectivity index (χ3v) is 2.92. The molecule has 2 heterocycles.